The molecule has 0 radical (unpaired) electrons. The van der Waals surface area contributed by atoms with Crippen molar-refractivity contribution in [2.45, 2.75) is 12.6 Å². The number of benzene rings is 2. The molecule has 5 rings (SSSR count). The van der Waals surface area contributed by atoms with E-state index in [0.29, 0.717) is 39.4 Å². The fourth-order valence-electron chi connectivity index (χ4n) is 4.10. The number of rotatable bonds is 5. The topological polar surface area (TPSA) is 82.1 Å². The SMILES string of the molecule is COc1ccc([C@H]2c3c(oc4ccc(Br)cc4c3=O)C(=O)N2Cc2ccco2)cc1OC. The van der Waals surface area contributed by atoms with Crippen molar-refractivity contribution in [2.24, 2.45) is 0 Å². The molecule has 2 aromatic carbocycles. The maximum atomic E-state index is 13.6. The summed E-state index contributed by atoms with van der Waals surface area (Å²) >= 11 is 3.40. The minimum Gasteiger partial charge on any atom is -0.493 e. The highest BCUT2D eigenvalue weighted by molar-refractivity contribution is 9.10. The largest absolute Gasteiger partial charge is 0.493 e. The molecule has 1 aliphatic rings. The van der Waals surface area contributed by atoms with Gasteiger partial charge in [-0.25, -0.2) is 0 Å². The van der Waals surface area contributed by atoms with E-state index in [2.05, 4.69) is 15.9 Å². The van der Waals surface area contributed by atoms with Gasteiger partial charge in [-0.3, -0.25) is 9.59 Å². The van der Waals surface area contributed by atoms with Gasteiger partial charge in [0.25, 0.3) is 5.91 Å². The number of amides is 1. The number of halogens is 1. The number of nitrogens with zero attached hydrogens (tertiary/aromatic N) is 1. The monoisotopic (exact) mass is 495 g/mol. The molecule has 0 aliphatic carbocycles. The van der Waals surface area contributed by atoms with Gasteiger partial charge in [0.1, 0.15) is 11.3 Å². The Balaban J connectivity index is 1.75. The van der Waals surface area contributed by atoms with Crippen LogP contribution in [-0.2, 0) is 6.54 Å². The first-order chi connectivity index (χ1) is 15.5. The van der Waals surface area contributed by atoms with E-state index in [1.807, 2.05) is 6.07 Å². The molecule has 0 saturated heterocycles. The Morgan fingerprint density at radius 3 is 2.56 bits per heavy atom. The Bertz CT molecular complexity index is 1390. The molecule has 0 N–H and O–H groups in total. The summed E-state index contributed by atoms with van der Waals surface area (Å²) in [6.07, 6.45) is 1.55. The Labute approximate surface area is 191 Å². The molecule has 0 bridgehead atoms. The van der Waals surface area contributed by atoms with Crippen LogP contribution in [0, 0.1) is 0 Å². The van der Waals surface area contributed by atoms with Gasteiger partial charge in [-0.2, -0.15) is 0 Å². The number of carbonyl (C=O) groups excluding carboxylic acids is 1. The normalized spacial score (nSPS) is 15.3. The van der Waals surface area contributed by atoms with E-state index >= 15 is 0 Å². The van der Waals surface area contributed by atoms with Gasteiger partial charge < -0.3 is 23.2 Å². The van der Waals surface area contributed by atoms with Crippen molar-refractivity contribution in [3.8, 4) is 11.5 Å². The van der Waals surface area contributed by atoms with Crippen LogP contribution in [-0.4, -0.2) is 25.0 Å². The Hall–Kier alpha value is -3.52. The number of ether oxygens (including phenoxy) is 2. The van der Waals surface area contributed by atoms with Crippen LogP contribution in [0.2, 0.25) is 0 Å². The van der Waals surface area contributed by atoms with Crippen molar-refractivity contribution in [1.29, 1.82) is 0 Å². The lowest BCUT2D eigenvalue weighted by molar-refractivity contribution is 0.0701. The highest BCUT2D eigenvalue weighted by Gasteiger charge is 2.43. The molecule has 32 heavy (non-hydrogen) atoms. The predicted octanol–water partition coefficient (Wildman–Crippen LogP) is 4.91. The molecule has 1 atom stereocenters. The van der Waals surface area contributed by atoms with Gasteiger partial charge in [-0.05, 0) is 48.0 Å². The number of furan rings is 1. The molecule has 0 fully saturated rings. The molecule has 0 saturated carbocycles. The first-order valence-electron chi connectivity index (χ1n) is 9.83. The van der Waals surface area contributed by atoms with E-state index in [4.69, 9.17) is 18.3 Å². The molecular weight excluding hydrogens is 478 g/mol. The first kappa shape index (κ1) is 20.4. The van der Waals surface area contributed by atoms with Gasteiger partial charge in [0, 0.05) is 4.47 Å². The van der Waals surface area contributed by atoms with Crippen LogP contribution in [0.1, 0.15) is 33.5 Å². The molecule has 0 spiro atoms. The molecule has 1 amide bonds. The van der Waals surface area contributed by atoms with E-state index in [1.165, 1.54) is 7.11 Å². The van der Waals surface area contributed by atoms with Crippen LogP contribution in [0.25, 0.3) is 11.0 Å². The summed E-state index contributed by atoms with van der Waals surface area (Å²) in [5.74, 6) is 1.30. The second-order valence-electron chi connectivity index (χ2n) is 7.34. The maximum absolute atomic E-state index is 13.6. The summed E-state index contributed by atoms with van der Waals surface area (Å²) < 4.78 is 23.0. The molecule has 0 unspecified atom stereocenters. The zero-order valence-corrected chi connectivity index (χ0v) is 18.8. The van der Waals surface area contributed by atoms with Crippen LogP contribution in [0.4, 0.5) is 0 Å². The minimum atomic E-state index is -0.679. The van der Waals surface area contributed by atoms with Crippen molar-refractivity contribution in [1.82, 2.24) is 4.90 Å². The zero-order chi connectivity index (χ0) is 22.4. The fraction of sp³-hybridized carbons (Fsp3) is 0.167. The summed E-state index contributed by atoms with van der Waals surface area (Å²) in [7, 11) is 3.09. The summed E-state index contributed by atoms with van der Waals surface area (Å²) in [5.41, 5.74) is 1.09. The van der Waals surface area contributed by atoms with E-state index in [1.54, 1.807) is 60.7 Å². The highest BCUT2D eigenvalue weighted by atomic mass is 79.9. The average Bonchev–Trinajstić information content (AvgIpc) is 3.41. The van der Waals surface area contributed by atoms with Crippen molar-refractivity contribution >= 4 is 32.8 Å². The van der Waals surface area contributed by atoms with Crippen molar-refractivity contribution in [3.05, 3.63) is 92.1 Å². The van der Waals surface area contributed by atoms with Crippen molar-refractivity contribution < 1.29 is 23.1 Å². The van der Waals surface area contributed by atoms with Gasteiger partial charge in [0.05, 0.1) is 44.0 Å². The van der Waals surface area contributed by atoms with Gasteiger partial charge in [0.2, 0.25) is 5.76 Å². The van der Waals surface area contributed by atoms with Gasteiger partial charge >= 0.3 is 0 Å². The average molecular weight is 496 g/mol. The van der Waals surface area contributed by atoms with Crippen LogP contribution in [0.15, 0.2) is 72.9 Å². The van der Waals surface area contributed by atoms with E-state index in [0.717, 1.165) is 4.47 Å². The molecule has 1 aliphatic heterocycles. The minimum absolute atomic E-state index is 0.0381. The lowest BCUT2D eigenvalue weighted by Crippen LogP contribution is -2.29. The number of fused-ring (bicyclic) bond motifs is 2. The standard InChI is InChI=1S/C24H18BrNO6/c1-29-18-7-5-13(10-19(18)30-2)21-20-22(27)16-11-14(25)6-8-17(16)32-23(20)24(28)26(21)12-15-4-3-9-31-15/h3-11,21H,12H2,1-2H3/t21-/m0/s1. The number of hydrogen-bond donors (Lipinski definition) is 0. The van der Waals surface area contributed by atoms with Crippen LogP contribution in [0.5, 0.6) is 11.5 Å². The zero-order valence-electron chi connectivity index (χ0n) is 17.3. The van der Waals surface area contributed by atoms with Crippen molar-refractivity contribution in [3.63, 3.8) is 0 Å². The third kappa shape index (κ3) is 3.18. The fourth-order valence-corrected chi connectivity index (χ4v) is 4.46. The smallest absolute Gasteiger partial charge is 0.291 e. The molecular formula is C24H18BrNO6. The quantitative estimate of drug-likeness (QED) is 0.391. The molecule has 162 valence electrons. The summed E-state index contributed by atoms with van der Waals surface area (Å²) in [6.45, 7) is 0.175. The second kappa shape index (κ2) is 7.87. The molecule has 4 aromatic rings. The molecule has 3 heterocycles. The first-order valence-corrected chi connectivity index (χ1v) is 10.6. The lowest BCUT2D eigenvalue weighted by atomic mass is 9.98. The number of carbonyl (C=O) groups is 1. The Kier molecular flexibility index (Phi) is 5.01. The van der Waals surface area contributed by atoms with E-state index in [9.17, 15) is 9.59 Å². The highest BCUT2D eigenvalue weighted by Crippen LogP contribution is 2.41. The molecule has 7 nitrogen and oxygen atoms in total. The van der Waals surface area contributed by atoms with Gasteiger partial charge in [0.15, 0.2) is 16.9 Å². The molecule has 2 aromatic heterocycles. The molecule has 8 heteroatoms. The van der Waals surface area contributed by atoms with Crippen LogP contribution >= 0.6 is 15.9 Å². The van der Waals surface area contributed by atoms with Crippen molar-refractivity contribution in [2.75, 3.05) is 14.2 Å². The third-order valence-electron chi connectivity index (χ3n) is 5.56. The van der Waals surface area contributed by atoms with Crippen LogP contribution in [0.3, 0.4) is 0 Å². The van der Waals surface area contributed by atoms with E-state index in [-0.39, 0.29) is 23.6 Å². The van der Waals surface area contributed by atoms with E-state index < -0.39 is 6.04 Å². The lowest BCUT2D eigenvalue weighted by Gasteiger charge is -2.25. The maximum Gasteiger partial charge on any atom is 0.291 e. The Morgan fingerprint density at radius 2 is 1.84 bits per heavy atom. The second-order valence-corrected chi connectivity index (χ2v) is 8.26. The third-order valence-corrected chi connectivity index (χ3v) is 6.05. The van der Waals surface area contributed by atoms with Gasteiger partial charge in [-0.15, -0.1) is 0 Å². The summed E-state index contributed by atoms with van der Waals surface area (Å²) in [4.78, 5) is 28.6. The predicted molar refractivity (Wildman–Crippen MR) is 120 cm³/mol. The number of hydrogen-bond acceptors (Lipinski definition) is 6. The number of methoxy groups -OCH3 is 2. The van der Waals surface area contributed by atoms with Crippen LogP contribution < -0.4 is 14.9 Å². The van der Waals surface area contributed by atoms with Gasteiger partial charge in [-0.1, -0.05) is 22.0 Å². The summed E-state index contributed by atoms with van der Waals surface area (Å²) in [6, 6.07) is 13.3. The summed E-state index contributed by atoms with van der Waals surface area (Å²) in [5, 5.41) is 0.399. The Morgan fingerprint density at radius 1 is 1.03 bits per heavy atom.